The molecule has 2 aromatic carbocycles. The standard InChI is InChI=1S/C16H16N4O2S.HI/c1-23-16(19-17-10-12-6-2-4-8-14(12)21)20-18-11-13-7-3-5-9-15(13)22;/h2-11,21-22H,1H3,(H,19,20);1H. The van der Waals surface area contributed by atoms with Gasteiger partial charge in [0.25, 0.3) is 0 Å². The largest absolute Gasteiger partial charge is 1.00 e. The van der Waals surface area contributed by atoms with Crippen LogP contribution in [0.5, 0.6) is 11.5 Å². The summed E-state index contributed by atoms with van der Waals surface area (Å²) in [7, 11) is 0. The average molecular weight is 456 g/mol. The van der Waals surface area contributed by atoms with Gasteiger partial charge in [-0.15, -0.1) is 0 Å². The Hall–Kier alpha value is -1.91. The van der Waals surface area contributed by atoms with Gasteiger partial charge in [-0.1, -0.05) is 34.5 Å². The van der Waals surface area contributed by atoms with Crippen LogP contribution in [0, 0.1) is 0 Å². The van der Waals surface area contributed by atoms with Gasteiger partial charge in [0.15, 0.2) is 0 Å². The highest BCUT2D eigenvalue weighted by molar-refractivity contribution is 8.12. The van der Waals surface area contributed by atoms with Gasteiger partial charge in [-0.3, -0.25) is 0 Å². The highest BCUT2D eigenvalue weighted by Gasteiger charge is 2.01. The van der Waals surface area contributed by atoms with E-state index < -0.39 is 0 Å². The fourth-order valence-electron chi connectivity index (χ4n) is 1.64. The summed E-state index contributed by atoms with van der Waals surface area (Å²) in [4.78, 5) is 0. The van der Waals surface area contributed by atoms with Gasteiger partial charge in [0.2, 0.25) is 0 Å². The van der Waals surface area contributed by atoms with E-state index in [1.807, 2.05) is 18.4 Å². The lowest BCUT2D eigenvalue weighted by Crippen LogP contribution is -3.00. The second kappa shape index (κ2) is 10.8. The fourth-order valence-corrected chi connectivity index (χ4v) is 1.94. The Kier molecular flexibility index (Phi) is 9.05. The van der Waals surface area contributed by atoms with Crippen LogP contribution in [-0.4, -0.2) is 34.1 Å². The molecule has 0 aromatic heterocycles. The number of rotatable bonds is 4. The summed E-state index contributed by atoms with van der Waals surface area (Å²) in [6, 6.07) is 13.8. The first-order valence-electron chi connectivity index (χ1n) is 6.78. The van der Waals surface area contributed by atoms with Gasteiger partial charge in [0, 0.05) is 11.1 Å². The maximum absolute atomic E-state index is 9.64. The minimum Gasteiger partial charge on any atom is -1.00 e. The molecule has 0 radical (unpaired) electrons. The fraction of sp³-hybridized carbons (Fsp3) is 0.0625. The van der Waals surface area contributed by atoms with Gasteiger partial charge in [-0.05, 0) is 42.3 Å². The van der Waals surface area contributed by atoms with Crippen LogP contribution in [-0.2, 0) is 0 Å². The molecule has 0 saturated heterocycles. The normalized spacial score (nSPS) is 11.8. The van der Waals surface area contributed by atoms with E-state index in [0.717, 1.165) is 0 Å². The van der Waals surface area contributed by atoms with Crippen LogP contribution in [0.1, 0.15) is 11.1 Å². The van der Waals surface area contributed by atoms with Gasteiger partial charge >= 0.3 is 5.17 Å². The number of para-hydroxylation sites is 2. The number of phenolic OH excluding ortho intramolecular Hbond substituents is 2. The van der Waals surface area contributed by atoms with E-state index in [-0.39, 0.29) is 35.5 Å². The monoisotopic (exact) mass is 456 g/mol. The lowest BCUT2D eigenvalue weighted by Gasteiger charge is -1.96. The summed E-state index contributed by atoms with van der Waals surface area (Å²) in [6.45, 7) is 0. The third kappa shape index (κ3) is 6.30. The molecule has 8 heteroatoms. The summed E-state index contributed by atoms with van der Waals surface area (Å²) in [5, 5.41) is 32.0. The molecule has 2 rings (SSSR count). The van der Waals surface area contributed by atoms with Crippen LogP contribution >= 0.6 is 11.8 Å². The molecular weight excluding hydrogens is 439 g/mol. The first-order valence-corrected chi connectivity index (χ1v) is 8.00. The number of aromatic hydroxyl groups is 2. The van der Waals surface area contributed by atoms with Gasteiger partial charge in [0.1, 0.15) is 11.5 Å². The Morgan fingerprint density at radius 1 is 0.958 bits per heavy atom. The Morgan fingerprint density at radius 3 is 2.04 bits per heavy atom. The summed E-state index contributed by atoms with van der Waals surface area (Å²) >= 11 is 1.39. The van der Waals surface area contributed by atoms with E-state index in [0.29, 0.717) is 16.3 Å². The van der Waals surface area contributed by atoms with Crippen molar-refractivity contribution in [2.45, 2.75) is 0 Å². The summed E-state index contributed by atoms with van der Waals surface area (Å²) < 4.78 is 0. The molecule has 126 valence electrons. The maximum atomic E-state index is 9.64. The first kappa shape index (κ1) is 20.1. The number of thioether (sulfide) groups is 1. The van der Waals surface area contributed by atoms with E-state index in [9.17, 15) is 10.2 Å². The van der Waals surface area contributed by atoms with Crippen LogP contribution in [0.15, 0.2) is 63.8 Å². The van der Waals surface area contributed by atoms with Crippen molar-refractivity contribution in [1.82, 2.24) is 0 Å². The number of benzene rings is 2. The minimum absolute atomic E-state index is 0. The molecule has 0 aliphatic heterocycles. The Morgan fingerprint density at radius 2 is 1.50 bits per heavy atom. The quantitative estimate of drug-likeness (QED) is 0.177. The zero-order valence-corrected chi connectivity index (χ0v) is 15.8. The third-order valence-electron chi connectivity index (χ3n) is 2.83. The number of nitrogens with zero attached hydrogens (tertiary/aromatic N) is 3. The number of quaternary nitrogens is 1. The number of amidine groups is 1. The summed E-state index contributed by atoms with van der Waals surface area (Å²) in [5.41, 5.74) is 2.77. The van der Waals surface area contributed by atoms with Gasteiger partial charge in [-0.25, -0.2) is 0 Å². The third-order valence-corrected chi connectivity index (χ3v) is 3.44. The van der Waals surface area contributed by atoms with Crippen molar-refractivity contribution >= 4 is 29.4 Å². The number of halogens is 1. The number of hydrogen-bond donors (Lipinski definition) is 3. The highest BCUT2D eigenvalue weighted by atomic mass is 127. The molecule has 0 fully saturated rings. The molecule has 24 heavy (non-hydrogen) atoms. The van der Waals surface area contributed by atoms with Crippen molar-refractivity contribution in [2.24, 2.45) is 15.3 Å². The molecule has 4 N–H and O–H groups in total. The number of hydrogen-bond acceptors (Lipinski definition) is 6. The number of nitrogens with two attached hydrogens (primary N) is 1. The maximum Gasteiger partial charge on any atom is 0.305 e. The molecule has 0 saturated carbocycles. The molecule has 0 spiro atoms. The van der Waals surface area contributed by atoms with E-state index >= 15 is 0 Å². The van der Waals surface area contributed by atoms with Crippen LogP contribution < -0.4 is 29.4 Å². The molecule has 0 bridgehead atoms. The average Bonchev–Trinajstić information content (AvgIpc) is 2.56. The topological polar surface area (TPSA) is 94.2 Å². The molecule has 0 heterocycles. The van der Waals surface area contributed by atoms with Gasteiger partial charge < -0.3 is 34.2 Å². The van der Waals surface area contributed by atoms with Crippen LogP contribution in [0.4, 0.5) is 0 Å². The van der Waals surface area contributed by atoms with Crippen LogP contribution in [0.2, 0.25) is 0 Å². The second-order valence-electron chi connectivity index (χ2n) is 4.41. The Labute approximate surface area is 161 Å². The van der Waals surface area contributed by atoms with Gasteiger partial charge in [0.05, 0.1) is 12.4 Å². The van der Waals surface area contributed by atoms with E-state index in [1.54, 1.807) is 48.0 Å². The molecule has 0 amide bonds. The first-order chi connectivity index (χ1) is 11.2. The predicted molar refractivity (Wildman–Crippen MR) is 94.3 cm³/mol. The molecular formula is C16H17IN4O2S. The Bertz CT molecular complexity index is 750. The molecule has 0 aliphatic carbocycles. The van der Waals surface area contributed by atoms with Crippen LogP contribution in [0.25, 0.3) is 0 Å². The van der Waals surface area contributed by atoms with Crippen molar-refractivity contribution in [3.05, 3.63) is 59.7 Å². The van der Waals surface area contributed by atoms with Crippen molar-refractivity contribution in [3.8, 4) is 11.5 Å². The van der Waals surface area contributed by atoms with E-state index in [1.165, 1.54) is 18.0 Å². The predicted octanol–water partition coefficient (Wildman–Crippen LogP) is -1.25. The van der Waals surface area contributed by atoms with Crippen LogP contribution in [0.3, 0.4) is 0 Å². The summed E-state index contributed by atoms with van der Waals surface area (Å²) in [5.74, 6) is 0.323. The second-order valence-corrected chi connectivity index (χ2v) is 5.24. The van der Waals surface area contributed by atoms with E-state index in [4.69, 9.17) is 0 Å². The molecule has 0 aliphatic rings. The van der Waals surface area contributed by atoms with Crippen molar-refractivity contribution in [1.29, 1.82) is 0 Å². The highest BCUT2D eigenvalue weighted by Crippen LogP contribution is 2.13. The van der Waals surface area contributed by atoms with Crippen molar-refractivity contribution in [3.63, 3.8) is 0 Å². The lowest BCUT2D eigenvalue weighted by atomic mass is 10.2. The minimum atomic E-state index is 0. The smallest absolute Gasteiger partial charge is 0.305 e. The van der Waals surface area contributed by atoms with Crippen molar-refractivity contribution in [2.75, 3.05) is 6.26 Å². The zero-order chi connectivity index (χ0) is 16.5. The molecule has 6 nitrogen and oxygen atoms in total. The SMILES string of the molecule is CS/C(=N/N=Cc1ccccc1O)[NH2+]N=Cc1ccccc1O.[I-]. The lowest BCUT2D eigenvalue weighted by molar-refractivity contribution is -0.539. The molecule has 0 unspecified atom stereocenters. The summed E-state index contributed by atoms with van der Waals surface area (Å²) in [6.07, 6.45) is 4.89. The molecule has 0 atom stereocenters. The number of phenols is 2. The zero-order valence-electron chi connectivity index (χ0n) is 12.9. The van der Waals surface area contributed by atoms with Crippen molar-refractivity contribution < 1.29 is 39.6 Å². The van der Waals surface area contributed by atoms with E-state index in [2.05, 4.69) is 15.3 Å². The Balaban J connectivity index is 0.00000288. The molecule has 2 aromatic rings. The van der Waals surface area contributed by atoms with Gasteiger partial charge in [-0.2, -0.15) is 10.5 Å².